The van der Waals surface area contributed by atoms with Crippen molar-refractivity contribution in [2.45, 2.75) is 0 Å². The van der Waals surface area contributed by atoms with E-state index < -0.39 is 0 Å². The molecular formula is C6H17N6+. The first kappa shape index (κ1) is 10.9. The van der Waals surface area contributed by atoms with E-state index in [0.717, 1.165) is 0 Å². The summed E-state index contributed by atoms with van der Waals surface area (Å²) in [5, 5.41) is 10.7. The van der Waals surface area contributed by atoms with Gasteiger partial charge in [0.2, 0.25) is 0 Å². The van der Waals surface area contributed by atoms with Crippen LogP contribution in [-0.2, 0) is 0 Å². The lowest BCUT2D eigenvalue weighted by molar-refractivity contribution is -1.14. The van der Waals surface area contributed by atoms with Crippen LogP contribution in [-0.4, -0.2) is 56.7 Å². The zero-order chi connectivity index (χ0) is 9.78. The zero-order valence-corrected chi connectivity index (χ0v) is 8.15. The van der Waals surface area contributed by atoms with Gasteiger partial charge in [0.25, 0.3) is 0 Å². The largest absolute Gasteiger partial charge is 0.142 e. The highest BCUT2D eigenvalue weighted by Crippen LogP contribution is 2.06. The summed E-state index contributed by atoms with van der Waals surface area (Å²) in [5.41, 5.74) is 3.00. The monoisotopic (exact) mass is 173 g/mol. The Labute approximate surface area is 73.2 Å². The van der Waals surface area contributed by atoms with E-state index in [4.69, 9.17) is 0 Å². The summed E-state index contributed by atoms with van der Waals surface area (Å²) in [5.74, 6) is 0. The van der Waals surface area contributed by atoms with Gasteiger partial charge in [-0.05, 0) is 4.81 Å². The number of hydrazone groups is 2. The normalized spacial score (nSPS) is 10.7. The minimum atomic E-state index is 0.188. The van der Waals surface area contributed by atoms with Gasteiger partial charge in [0, 0.05) is 20.5 Å². The molecule has 0 amide bonds. The van der Waals surface area contributed by atoms with Crippen LogP contribution in [0.1, 0.15) is 0 Å². The molecule has 0 aromatic carbocycles. The molecule has 0 aliphatic carbocycles. The maximum atomic E-state index is 3.76. The van der Waals surface area contributed by atoms with E-state index in [1.807, 2.05) is 7.05 Å². The van der Waals surface area contributed by atoms with Gasteiger partial charge in [-0.25, -0.2) is 0 Å². The molecular weight excluding hydrogens is 156 g/mol. The zero-order valence-electron chi connectivity index (χ0n) is 8.15. The predicted octanol–water partition coefficient (Wildman–Crippen LogP) is -0.508. The minimum Gasteiger partial charge on any atom is -0.142 e. The molecule has 0 radical (unpaired) electrons. The highest BCUT2D eigenvalue weighted by molar-refractivity contribution is 5.22. The van der Waals surface area contributed by atoms with Crippen LogP contribution in [0.4, 0.5) is 0 Å². The first-order chi connectivity index (χ1) is 5.52. The second-order valence-corrected chi connectivity index (χ2v) is 2.40. The lowest BCUT2D eigenvalue weighted by Gasteiger charge is -2.39. The quantitative estimate of drug-likeness (QED) is 0.346. The summed E-state index contributed by atoms with van der Waals surface area (Å²) in [6.45, 7) is 6.85. The van der Waals surface area contributed by atoms with Gasteiger partial charge in [-0.3, -0.25) is 0 Å². The fraction of sp³-hybridized carbons (Fsp3) is 0.667. The number of rotatable bonds is 5. The Kier molecular flexibility index (Phi) is 3.65. The molecule has 0 atom stereocenters. The molecule has 0 saturated carbocycles. The number of hydrogen-bond donors (Lipinski definition) is 1. The van der Waals surface area contributed by atoms with Crippen LogP contribution in [0.5, 0.6) is 0 Å². The van der Waals surface area contributed by atoms with Crippen molar-refractivity contribution in [2.24, 2.45) is 10.2 Å². The molecule has 0 rings (SSSR count). The van der Waals surface area contributed by atoms with Crippen LogP contribution in [0.3, 0.4) is 0 Å². The Morgan fingerprint density at radius 3 is 1.67 bits per heavy atom. The second kappa shape index (κ2) is 4.03. The number of quaternary nitrogens is 1. The van der Waals surface area contributed by atoms with E-state index in [-0.39, 0.29) is 4.81 Å². The molecule has 12 heavy (non-hydrogen) atoms. The van der Waals surface area contributed by atoms with Crippen molar-refractivity contribution in [3.63, 3.8) is 0 Å². The maximum absolute atomic E-state index is 3.76. The average molecular weight is 173 g/mol. The summed E-state index contributed by atoms with van der Waals surface area (Å²) >= 11 is 0. The van der Waals surface area contributed by atoms with Crippen molar-refractivity contribution in [3.05, 3.63) is 0 Å². The van der Waals surface area contributed by atoms with Gasteiger partial charge in [-0.2, -0.15) is 0 Å². The van der Waals surface area contributed by atoms with Crippen LogP contribution in [0, 0.1) is 0 Å². The molecule has 0 unspecified atom stereocenters. The van der Waals surface area contributed by atoms with Crippen LogP contribution in [0.15, 0.2) is 10.2 Å². The fourth-order valence-corrected chi connectivity index (χ4v) is 0.723. The molecule has 6 heteroatoms. The van der Waals surface area contributed by atoms with Crippen LogP contribution < -0.4 is 5.43 Å². The lowest BCUT2D eigenvalue weighted by Crippen LogP contribution is -2.67. The topological polar surface area (TPSA) is 43.2 Å². The van der Waals surface area contributed by atoms with E-state index >= 15 is 0 Å². The first-order valence-corrected chi connectivity index (χ1v) is 3.50. The Morgan fingerprint density at radius 1 is 1.17 bits per heavy atom. The maximum Gasteiger partial charge on any atom is 0.139 e. The Bertz CT molecular complexity index is 153. The molecule has 0 aromatic rings. The van der Waals surface area contributed by atoms with E-state index in [9.17, 15) is 0 Å². The SMILES string of the molecule is C=NN(C)[N+](C)(NC)N(C)N=C. The summed E-state index contributed by atoms with van der Waals surface area (Å²) in [4.78, 5) is 0.188. The summed E-state index contributed by atoms with van der Waals surface area (Å²) in [6.07, 6.45) is 0. The third kappa shape index (κ3) is 1.72. The van der Waals surface area contributed by atoms with Crippen molar-refractivity contribution in [1.82, 2.24) is 15.7 Å². The molecule has 0 heterocycles. The number of nitrogens with zero attached hydrogens (tertiary/aromatic N) is 5. The summed E-state index contributed by atoms with van der Waals surface area (Å²) in [6, 6.07) is 0. The van der Waals surface area contributed by atoms with Crippen molar-refractivity contribution in [2.75, 3.05) is 28.2 Å². The Morgan fingerprint density at radius 2 is 1.50 bits per heavy atom. The second-order valence-electron chi connectivity index (χ2n) is 2.40. The summed E-state index contributed by atoms with van der Waals surface area (Å²) in [7, 11) is 7.23. The standard InChI is InChI=1S/C6H17N6/c1-7-10(4)12(6,9-3)11(5)8-2/h9H,1-2H2,3-6H3/q+1. The van der Waals surface area contributed by atoms with Gasteiger partial charge >= 0.3 is 0 Å². The number of nitrogens with one attached hydrogen (secondary N) is 1. The summed E-state index contributed by atoms with van der Waals surface area (Å²) < 4.78 is 0. The van der Waals surface area contributed by atoms with E-state index in [2.05, 4.69) is 29.1 Å². The highest BCUT2D eigenvalue weighted by atomic mass is 16.2. The molecule has 0 aromatic heterocycles. The van der Waals surface area contributed by atoms with Gasteiger partial charge < -0.3 is 0 Å². The van der Waals surface area contributed by atoms with Gasteiger partial charge in [0.15, 0.2) is 0 Å². The molecule has 0 aliphatic rings. The van der Waals surface area contributed by atoms with Gasteiger partial charge in [-0.1, -0.05) is 10.2 Å². The molecule has 1 N–H and O–H groups in total. The van der Waals surface area contributed by atoms with Gasteiger partial charge in [-0.15, -0.1) is 15.6 Å². The van der Waals surface area contributed by atoms with Crippen LogP contribution in [0.25, 0.3) is 0 Å². The van der Waals surface area contributed by atoms with Crippen molar-refractivity contribution in [3.8, 4) is 0 Å². The minimum absolute atomic E-state index is 0.188. The van der Waals surface area contributed by atoms with E-state index in [1.165, 1.54) is 0 Å². The third-order valence-corrected chi connectivity index (χ3v) is 1.96. The van der Waals surface area contributed by atoms with Crippen LogP contribution in [0.2, 0.25) is 0 Å². The van der Waals surface area contributed by atoms with Crippen molar-refractivity contribution >= 4 is 13.4 Å². The molecule has 0 fully saturated rings. The Balaban J connectivity index is 4.64. The predicted molar refractivity (Wildman–Crippen MR) is 49.9 cm³/mol. The van der Waals surface area contributed by atoms with E-state index in [1.54, 1.807) is 31.4 Å². The lowest BCUT2D eigenvalue weighted by atomic mass is 11.1. The Hall–Kier alpha value is -1.14. The van der Waals surface area contributed by atoms with Crippen LogP contribution >= 0.6 is 0 Å². The van der Waals surface area contributed by atoms with Gasteiger partial charge in [0.1, 0.15) is 7.05 Å². The highest BCUT2D eigenvalue weighted by Gasteiger charge is 2.30. The number of hydrogen-bond acceptors (Lipinski definition) is 5. The molecule has 0 saturated heterocycles. The molecule has 0 bridgehead atoms. The fourth-order valence-electron chi connectivity index (χ4n) is 0.723. The molecule has 0 aliphatic heterocycles. The average Bonchev–Trinajstić information content (AvgIpc) is 2.13. The molecule has 70 valence electrons. The first-order valence-electron chi connectivity index (χ1n) is 3.50. The smallest absolute Gasteiger partial charge is 0.139 e. The van der Waals surface area contributed by atoms with Gasteiger partial charge in [0.05, 0.1) is 14.1 Å². The molecule has 6 nitrogen and oxygen atoms in total. The van der Waals surface area contributed by atoms with Crippen molar-refractivity contribution < 1.29 is 4.81 Å². The van der Waals surface area contributed by atoms with Crippen molar-refractivity contribution in [1.29, 1.82) is 0 Å². The molecule has 0 spiro atoms. The van der Waals surface area contributed by atoms with E-state index in [0.29, 0.717) is 0 Å². The third-order valence-electron chi connectivity index (χ3n) is 1.96.